The first kappa shape index (κ1) is 21.0. The van der Waals surface area contributed by atoms with Gasteiger partial charge in [-0.15, -0.1) is 11.3 Å². The average molecular weight is 457 g/mol. The predicted octanol–water partition coefficient (Wildman–Crippen LogP) is 3.84. The van der Waals surface area contributed by atoms with Crippen molar-refractivity contribution in [3.05, 3.63) is 9.17 Å². The first-order chi connectivity index (χ1) is 11.6. The van der Waals surface area contributed by atoms with Crippen molar-refractivity contribution >= 4 is 37.4 Å². The number of hydrogen-bond acceptors (Lipinski definition) is 7. The van der Waals surface area contributed by atoms with Crippen LogP contribution in [-0.4, -0.2) is 46.2 Å². The Morgan fingerprint density at radius 1 is 1.44 bits per heavy atom. The largest absolute Gasteiger partial charge is 0.485 e. The molecule has 6 nitrogen and oxygen atoms in total. The number of hydrogen-bond donors (Lipinski definition) is 0. The molecule has 1 aromatic heterocycles. The third-order valence-corrected chi connectivity index (χ3v) is 6.82. The first-order valence-corrected chi connectivity index (χ1v) is 11.3. The molecule has 0 aromatic carbocycles. The van der Waals surface area contributed by atoms with Crippen molar-refractivity contribution in [2.45, 2.75) is 45.5 Å². The minimum absolute atomic E-state index is 0.172. The van der Waals surface area contributed by atoms with Crippen LogP contribution in [0.1, 0.15) is 34.1 Å². The van der Waals surface area contributed by atoms with Crippen LogP contribution in [0.5, 0.6) is 11.5 Å². The van der Waals surface area contributed by atoms with E-state index in [1.807, 2.05) is 26.2 Å². The highest BCUT2D eigenvalue weighted by Crippen LogP contribution is 2.43. The molecule has 2 unspecified atom stereocenters. The Bertz CT molecular complexity index is 665. The lowest BCUT2D eigenvalue weighted by atomic mass is 9.99. The normalized spacial score (nSPS) is 19.0. The van der Waals surface area contributed by atoms with Crippen molar-refractivity contribution in [1.29, 1.82) is 0 Å². The van der Waals surface area contributed by atoms with E-state index in [9.17, 15) is 8.42 Å². The van der Waals surface area contributed by atoms with E-state index in [1.165, 1.54) is 11.3 Å². The van der Waals surface area contributed by atoms with Gasteiger partial charge in [0.05, 0.1) is 18.5 Å². The fourth-order valence-corrected chi connectivity index (χ4v) is 4.31. The Kier molecular flexibility index (Phi) is 7.17. The van der Waals surface area contributed by atoms with Crippen LogP contribution in [0, 0.1) is 5.41 Å². The third-order valence-electron chi connectivity index (χ3n) is 3.50. The molecule has 0 fully saturated rings. The molecule has 0 bridgehead atoms. The molecular formula is C16H25BrO6S2. The van der Waals surface area contributed by atoms with Gasteiger partial charge in [-0.1, -0.05) is 20.8 Å². The van der Waals surface area contributed by atoms with E-state index in [2.05, 4.69) is 15.9 Å². The molecule has 0 saturated carbocycles. The zero-order valence-electron chi connectivity index (χ0n) is 14.9. The lowest BCUT2D eigenvalue weighted by molar-refractivity contribution is 0.00829. The highest BCUT2D eigenvalue weighted by molar-refractivity contribution is 9.11. The average Bonchev–Trinajstić information content (AvgIpc) is 2.90. The Morgan fingerprint density at radius 3 is 2.84 bits per heavy atom. The maximum Gasteiger partial charge on any atom is 0.270 e. The summed E-state index contributed by atoms with van der Waals surface area (Å²) >= 11 is 4.93. The molecule has 0 radical (unpaired) electrons. The monoisotopic (exact) mass is 456 g/mol. The predicted molar refractivity (Wildman–Crippen MR) is 101 cm³/mol. The molecular weight excluding hydrogens is 432 g/mol. The summed E-state index contributed by atoms with van der Waals surface area (Å²) in [5, 5.41) is 1.27. The zero-order chi connectivity index (χ0) is 18.7. The quantitative estimate of drug-likeness (QED) is 0.437. The zero-order valence-corrected chi connectivity index (χ0v) is 18.1. The summed E-state index contributed by atoms with van der Waals surface area (Å²) in [6.45, 7) is 8.67. The Labute approximate surface area is 162 Å². The summed E-state index contributed by atoms with van der Waals surface area (Å²) in [7, 11) is -3.58. The molecule has 0 aliphatic carbocycles. The van der Waals surface area contributed by atoms with Gasteiger partial charge in [0.25, 0.3) is 10.1 Å². The van der Waals surface area contributed by atoms with Crippen molar-refractivity contribution in [3.8, 4) is 11.5 Å². The van der Waals surface area contributed by atoms with Gasteiger partial charge < -0.3 is 14.2 Å². The van der Waals surface area contributed by atoms with Gasteiger partial charge in [0.1, 0.15) is 10.4 Å². The number of fused-ring (bicyclic) bond motifs is 1. The van der Waals surface area contributed by atoms with E-state index < -0.39 is 15.4 Å². The second-order valence-corrected chi connectivity index (χ2v) is 11.5. The van der Waals surface area contributed by atoms with E-state index in [1.54, 1.807) is 6.92 Å². The van der Waals surface area contributed by atoms with Gasteiger partial charge in [-0.05, 0) is 34.7 Å². The smallest absolute Gasteiger partial charge is 0.270 e. The summed E-state index contributed by atoms with van der Waals surface area (Å²) < 4.78 is 47.2. The minimum Gasteiger partial charge on any atom is -0.485 e. The Hall–Kier alpha value is -0.350. The Balaban J connectivity index is 1.70. The first-order valence-electron chi connectivity index (χ1n) is 8.11. The molecule has 0 saturated heterocycles. The second-order valence-electron chi connectivity index (χ2n) is 7.24. The molecule has 2 heterocycles. The molecule has 1 aromatic rings. The van der Waals surface area contributed by atoms with Crippen molar-refractivity contribution in [1.82, 2.24) is 0 Å². The molecule has 25 heavy (non-hydrogen) atoms. The van der Waals surface area contributed by atoms with Crippen LogP contribution in [0.2, 0.25) is 0 Å². The molecule has 1 aliphatic heterocycles. The lowest BCUT2D eigenvalue weighted by Crippen LogP contribution is -2.33. The van der Waals surface area contributed by atoms with Crippen LogP contribution in [-0.2, 0) is 19.0 Å². The van der Waals surface area contributed by atoms with Gasteiger partial charge >= 0.3 is 0 Å². The number of halogens is 1. The highest BCUT2D eigenvalue weighted by Gasteiger charge is 2.26. The SMILES string of the molecule is CC(CCOCC1COc2csc(Br)c2O1)S(=O)(=O)OCC(C)(C)C. The third kappa shape index (κ3) is 6.39. The molecule has 144 valence electrons. The fourth-order valence-electron chi connectivity index (χ4n) is 1.96. The maximum atomic E-state index is 12.1. The molecule has 2 rings (SSSR count). The molecule has 9 heteroatoms. The van der Waals surface area contributed by atoms with E-state index in [0.717, 1.165) is 9.54 Å². The van der Waals surface area contributed by atoms with Gasteiger partial charge in [0.2, 0.25) is 0 Å². The van der Waals surface area contributed by atoms with Gasteiger partial charge in [-0.25, -0.2) is 0 Å². The Morgan fingerprint density at radius 2 is 2.16 bits per heavy atom. The van der Waals surface area contributed by atoms with E-state index in [-0.39, 0.29) is 18.1 Å². The summed E-state index contributed by atoms with van der Waals surface area (Å²) in [6, 6.07) is 0. The van der Waals surface area contributed by atoms with Gasteiger partial charge in [-0.2, -0.15) is 8.42 Å². The van der Waals surface area contributed by atoms with Crippen molar-refractivity contribution < 1.29 is 26.8 Å². The molecule has 0 spiro atoms. The van der Waals surface area contributed by atoms with Crippen molar-refractivity contribution in [2.75, 3.05) is 26.4 Å². The van der Waals surface area contributed by atoms with Gasteiger partial charge in [-0.3, -0.25) is 4.18 Å². The summed E-state index contributed by atoms with van der Waals surface area (Å²) in [4.78, 5) is 0. The second kappa shape index (κ2) is 8.56. The van der Waals surface area contributed by atoms with E-state index >= 15 is 0 Å². The number of thiophene rings is 1. The van der Waals surface area contributed by atoms with Crippen LogP contribution in [0.25, 0.3) is 0 Å². The molecule has 0 N–H and O–H groups in total. The lowest BCUT2D eigenvalue weighted by Gasteiger charge is -2.25. The van der Waals surface area contributed by atoms with Crippen LogP contribution >= 0.6 is 27.3 Å². The topological polar surface area (TPSA) is 71.1 Å². The van der Waals surface area contributed by atoms with Crippen molar-refractivity contribution in [2.24, 2.45) is 5.41 Å². The summed E-state index contributed by atoms with van der Waals surface area (Å²) in [5.41, 5.74) is -0.198. The summed E-state index contributed by atoms with van der Waals surface area (Å²) in [6.07, 6.45) is 0.162. The van der Waals surface area contributed by atoms with Crippen LogP contribution in [0.15, 0.2) is 9.17 Å². The highest BCUT2D eigenvalue weighted by atomic mass is 79.9. The van der Waals surface area contributed by atoms with E-state index in [4.69, 9.17) is 18.4 Å². The van der Waals surface area contributed by atoms with Gasteiger partial charge in [0.15, 0.2) is 17.6 Å². The van der Waals surface area contributed by atoms with Crippen LogP contribution in [0.3, 0.4) is 0 Å². The maximum absolute atomic E-state index is 12.1. The minimum atomic E-state index is -3.58. The summed E-state index contributed by atoms with van der Waals surface area (Å²) in [5.74, 6) is 1.44. The van der Waals surface area contributed by atoms with Crippen LogP contribution in [0.4, 0.5) is 0 Å². The molecule has 0 amide bonds. The standard InChI is InChI=1S/C16H25BrO6S2/c1-11(25(18,19)22-10-16(2,3)4)5-6-20-7-12-8-21-13-9-24-15(17)14(13)23-12/h9,11-12H,5-8,10H2,1-4H3. The van der Waals surface area contributed by atoms with E-state index in [0.29, 0.717) is 32.0 Å². The number of ether oxygens (including phenoxy) is 3. The van der Waals surface area contributed by atoms with Crippen molar-refractivity contribution in [3.63, 3.8) is 0 Å². The number of rotatable bonds is 8. The molecule has 1 aliphatic rings. The van der Waals surface area contributed by atoms with Gasteiger partial charge in [0, 0.05) is 12.0 Å². The van der Waals surface area contributed by atoms with Crippen LogP contribution < -0.4 is 9.47 Å². The molecule has 2 atom stereocenters. The fraction of sp³-hybridized carbons (Fsp3) is 0.750.